The molecule has 1 heterocycles. The summed E-state index contributed by atoms with van der Waals surface area (Å²) in [6, 6.07) is 11.0. The molecular formula is C20H22NNaO5. The van der Waals surface area contributed by atoms with Gasteiger partial charge in [-0.3, -0.25) is 0 Å². The summed E-state index contributed by atoms with van der Waals surface area (Å²) < 4.78 is 21.4. The number of rotatable bonds is 6. The van der Waals surface area contributed by atoms with Gasteiger partial charge in [-0.1, -0.05) is 6.07 Å². The zero-order valence-electron chi connectivity index (χ0n) is 15.2. The maximum atomic E-state index is 10.0. The third-order valence-electron chi connectivity index (χ3n) is 4.22. The molecule has 3 rings (SSSR count). The molecule has 0 radical (unpaired) electrons. The molecule has 0 aliphatic rings. The van der Waals surface area contributed by atoms with E-state index in [0.717, 1.165) is 22.0 Å². The van der Waals surface area contributed by atoms with Gasteiger partial charge in [-0.15, -0.1) is 0 Å². The molecule has 0 atom stereocenters. The van der Waals surface area contributed by atoms with Crippen LogP contribution in [-0.2, 0) is 6.42 Å². The number of ether oxygens (including phenoxy) is 4. The summed E-state index contributed by atoms with van der Waals surface area (Å²) in [4.78, 5) is 4.31. The van der Waals surface area contributed by atoms with E-state index in [1.165, 1.54) is 0 Å². The molecule has 0 aliphatic heterocycles. The van der Waals surface area contributed by atoms with Gasteiger partial charge in [-0.2, -0.15) is 0 Å². The van der Waals surface area contributed by atoms with Gasteiger partial charge in [0.05, 0.1) is 34.1 Å². The van der Waals surface area contributed by atoms with Gasteiger partial charge in [-0.05, 0) is 35.2 Å². The van der Waals surface area contributed by atoms with Gasteiger partial charge >= 0.3 is 29.6 Å². The summed E-state index contributed by atoms with van der Waals surface area (Å²) in [5, 5.41) is 11.7. The Balaban J connectivity index is 0.00000261. The van der Waals surface area contributed by atoms with E-state index in [-0.39, 0.29) is 35.4 Å². The summed E-state index contributed by atoms with van der Waals surface area (Å²) in [5.41, 5.74) is 1.71. The molecule has 0 bridgehead atoms. The Labute approximate surface area is 180 Å². The van der Waals surface area contributed by atoms with E-state index in [4.69, 9.17) is 18.9 Å². The van der Waals surface area contributed by atoms with E-state index in [9.17, 15) is 5.11 Å². The standard InChI is InChI=1S/C20H21NO5.Na.H/c1-23-16-6-5-12(8-17(16)24-2)7-15-14-11-19(26-4)18(25-3)9-13(14)10-20(22)21-15;;/h5-6,8-11H,7H2,1-4H3,(H,21,22);;. The SMILES string of the molecule is COc1ccc(Cc2nc(O)cc3cc(OC)c(OC)cc23)cc1OC.[NaH]. The van der Waals surface area contributed by atoms with Crippen LogP contribution in [0.3, 0.4) is 0 Å². The number of pyridine rings is 1. The van der Waals surface area contributed by atoms with Crippen LogP contribution in [0.4, 0.5) is 0 Å². The second-order valence-corrected chi connectivity index (χ2v) is 5.72. The first-order valence-electron chi connectivity index (χ1n) is 8.05. The van der Waals surface area contributed by atoms with Gasteiger partial charge in [0, 0.05) is 17.9 Å². The Hall–Kier alpha value is -2.15. The number of aromatic hydroxyl groups is 1. The fraction of sp³-hybridized carbons (Fsp3) is 0.250. The van der Waals surface area contributed by atoms with E-state index < -0.39 is 0 Å². The Morgan fingerprint density at radius 1 is 0.778 bits per heavy atom. The fourth-order valence-electron chi connectivity index (χ4n) is 2.95. The van der Waals surface area contributed by atoms with Crippen LogP contribution < -0.4 is 18.9 Å². The molecule has 0 unspecified atom stereocenters. The summed E-state index contributed by atoms with van der Waals surface area (Å²) in [6.07, 6.45) is 0.515. The minimum atomic E-state index is -0.0415. The molecular weight excluding hydrogens is 357 g/mol. The van der Waals surface area contributed by atoms with Crippen molar-refractivity contribution in [2.75, 3.05) is 28.4 Å². The average molecular weight is 379 g/mol. The molecule has 1 N–H and O–H groups in total. The van der Waals surface area contributed by atoms with Crippen LogP contribution in [-0.4, -0.2) is 68.1 Å². The predicted molar refractivity (Wildman–Crippen MR) is 106 cm³/mol. The van der Waals surface area contributed by atoms with Gasteiger partial charge in [-0.25, -0.2) is 4.98 Å². The Kier molecular flexibility index (Phi) is 7.18. The van der Waals surface area contributed by atoms with Crippen molar-refractivity contribution in [3.63, 3.8) is 0 Å². The first-order valence-corrected chi connectivity index (χ1v) is 8.05. The second kappa shape index (κ2) is 9.17. The van der Waals surface area contributed by atoms with E-state index in [1.807, 2.05) is 30.3 Å². The van der Waals surface area contributed by atoms with Gasteiger partial charge in [0.1, 0.15) is 0 Å². The number of aromatic nitrogens is 1. The molecule has 7 heteroatoms. The van der Waals surface area contributed by atoms with Crippen molar-refractivity contribution < 1.29 is 24.1 Å². The molecule has 6 nitrogen and oxygen atoms in total. The van der Waals surface area contributed by atoms with Gasteiger partial charge in [0.2, 0.25) is 5.88 Å². The Morgan fingerprint density at radius 2 is 1.37 bits per heavy atom. The first kappa shape index (κ1) is 21.2. The molecule has 3 aromatic rings. The first-order chi connectivity index (χ1) is 12.6. The summed E-state index contributed by atoms with van der Waals surface area (Å²) in [5.74, 6) is 2.48. The molecule has 0 saturated heterocycles. The summed E-state index contributed by atoms with van der Waals surface area (Å²) in [6.45, 7) is 0. The van der Waals surface area contributed by atoms with Crippen LogP contribution in [0, 0.1) is 0 Å². The predicted octanol–water partition coefficient (Wildman–Crippen LogP) is 2.92. The average Bonchev–Trinajstić information content (AvgIpc) is 2.66. The molecule has 27 heavy (non-hydrogen) atoms. The van der Waals surface area contributed by atoms with Gasteiger partial charge in [0.15, 0.2) is 23.0 Å². The molecule has 0 fully saturated rings. The number of benzene rings is 2. The number of methoxy groups -OCH3 is 4. The number of fused-ring (bicyclic) bond motifs is 1. The van der Waals surface area contributed by atoms with Crippen molar-refractivity contribution in [3.05, 3.63) is 47.7 Å². The second-order valence-electron chi connectivity index (χ2n) is 5.72. The zero-order valence-corrected chi connectivity index (χ0v) is 15.2. The van der Waals surface area contributed by atoms with Crippen LogP contribution in [0.15, 0.2) is 36.4 Å². The van der Waals surface area contributed by atoms with Crippen LogP contribution in [0.1, 0.15) is 11.3 Å². The molecule has 0 saturated carbocycles. The van der Waals surface area contributed by atoms with Crippen molar-refractivity contribution in [1.29, 1.82) is 0 Å². The molecule has 0 amide bonds. The third-order valence-corrected chi connectivity index (χ3v) is 4.22. The van der Waals surface area contributed by atoms with E-state index in [2.05, 4.69) is 4.98 Å². The maximum absolute atomic E-state index is 10.0. The van der Waals surface area contributed by atoms with Crippen molar-refractivity contribution in [3.8, 4) is 28.9 Å². The van der Waals surface area contributed by atoms with Crippen LogP contribution in [0.2, 0.25) is 0 Å². The summed E-state index contributed by atoms with van der Waals surface area (Å²) in [7, 11) is 6.36. The molecule has 1 aromatic heterocycles. The van der Waals surface area contributed by atoms with E-state index in [1.54, 1.807) is 34.5 Å². The van der Waals surface area contributed by atoms with Crippen LogP contribution in [0.5, 0.6) is 28.9 Å². The topological polar surface area (TPSA) is 70.0 Å². The molecule has 2 aromatic carbocycles. The van der Waals surface area contributed by atoms with Crippen LogP contribution >= 0.6 is 0 Å². The van der Waals surface area contributed by atoms with Crippen molar-refractivity contribution >= 4 is 40.3 Å². The van der Waals surface area contributed by atoms with Crippen molar-refractivity contribution in [2.24, 2.45) is 0 Å². The van der Waals surface area contributed by atoms with E-state index >= 15 is 0 Å². The normalized spacial score (nSPS) is 10.2. The van der Waals surface area contributed by atoms with Crippen molar-refractivity contribution in [1.82, 2.24) is 4.98 Å². The van der Waals surface area contributed by atoms with E-state index in [0.29, 0.717) is 29.4 Å². The number of hydrogen-bond acceptors (Lipinski definition) is 6. The van der Waals surface area contributed by atoms with Crippen molar-refractivity contribution in [2.45, 2.75) is 6.42 Å². The van der Waals surface area contributed by atoms with Crippen LogP contribution in [0.25, 0.3) is 10.8 Å². The minimum absolute atomic E-state index is 0. The summed E-state index contributed by atoms with van der Waals surface area (Å²) >= 11 is 0. The zero-order chi connectivity index (χ0) is 18.7. The number of hydrogen-bond donors (Lipinski definition) is 1. The Bertz CT molecular complexity index is 945. The molecule has 138 valence electrons. The number of nitrogens with zero attached hydrogens (tertiary/aromatic N) is 1. The van der Waals surface area contributed by atoms with Gasteiger partial charge in [0.25, 0.3) is 0 Å². The third kappa shape index (κ3) is 4.40. The Morgan fingerprint density at radius 3 is 2.00 bits per heavy atom. The van der Waals surface area contributed by atoms with Gasteiger partial charge < -0.3 is 24.1 Å². The quantitative estimate of drug-likeness (QED) is 0.664. The fourth-order valence-corrected chi connectivity index (χ4v) is 2.95. The monoisotopic (exact) mass is 379 g/mol. The molecule has 0 aliphatic carbocycles. The molecule has 0 spiro atoms.